The number of ether oxygens (including phenoxy) is 2. The van der Waals surface area contributed by atoms with Crippen molar-refractivity contribution in [3.05, 3.63) is 80.9 Å². The number of nitrogens with two attached hydrogens (primary N) is 1. The Labute approximate surface area is 266 Å². The molecule has 0 aromatic carbocycles. The van der Waals surface area contributed by atoms with Crippen molar-refractivity contribution in [2.45, 2.75) is 65.8 Å². The summed E-state index contributed by atoms with van der Waals surface area (Å²) in [5.41, 5.74) is 5.94. The van der Waals surface area contributed by atoms with Crippen LogP contribution in [0.4, 0.5) is 4.79 Å². The first-order valence-electron chi connectivity index (χ1n) is 14.6. The summed E-state index contributed by atoms with van der Waals surface area (Å²) in [4.78, 5) is 65.1. The normalized spacial score (nSPS) is 30.3. The monoisotopic (exact) mass is 639 g/mol. The molecule has 2 aliphatic rings. The maximum absolute atomic E-state index is 13.7. The van der Waals surface area contributed by atoms with Crippen molar-refractivity contribution in [1.29, 1.82) is 0 Å². The first kappa shape index (κ1) is 35.4. The molecule has 1 aliphatic carbocycles. The predicted octanol–water partition coefficient (Wildman–Crippen LogP) is 3.87. The van der Waals surface area contributed by atoms with Gasteiger partial charge in [0.05, 0.1) is 28.5 Å². The third kappa shape index (κ3) is 9.19. The van der Waals surface area contributed by atoms with Crippen LogP contribution in [0.3, 0.4) is 0 Å². The first-order chi connectivity index (χ1) is 21.2. The van der Waals surface area contributed by atoms with Gasteiger partial charge < -0.3 is 30.9 Å². The summed E-state index contributed by atoms with van der Waals surface area (Å²) in [6, 6.07) is 3.30. The van der Waals surface area contributed by atoms with Gasteiger partial charge in [-0.15, -0.1) is 11.3 Å². The van der Waals surface area contributed by atoms with E-state index in [1.54, 1.807) is 56.5 Å². The van der Waals surface area contributed by atoms with Crippen LogP contribution in [0.25, 0.3) is 0 Å². The van der Waals surface area contributed by atoms with E-state index in [4.69, 9.17) is 15.2 Å². The number of primary amides is 1. The number of carbonyl (C=O) groups is 5. The Hall–Kier alpha value is -4.13. The maximum Gasteiger partial charge on any atom is 0.405 e. The third-order valence-electron chi connectivity index (χ3n) is 7.80. The lowest BCUT2D eigenvalue weighted by Gasteiger charge is -2.29. The molecule has 0 saturated carbocycles. The van der Waals surface area contributed by atoms with Crippen molar-refractivity contribution >= 4 is 40.8 Å². The molecule has 242 valence electrons. The Kier molecular flexibility index (Phi) is 12.4. The van der Waals surface area contributed by atoms with Crippen molar-refractivity contribution in [3.8, 4) is 0 Å². The molecule has 2 heterocycles. The zero-order valence-electron chi connectivity index (χ0n) is 26.3. The number of Topliss-reactive ketones (excluding diaryl/α,β-unsaturated/α-hetero) is 1. The summed E-state index contributed by atoms with van der Waals surface area (Å²) in [7, 11) is 1.47. The highest BCUT2D eigenvalue weighted by Gasteiger charge is 2.34. The molecule has 11 nitrogen and oxygen atoms in total. The molecule has 45 heavy (non-hydrogen) atoms. The summed E-state index contributed by atoms with van der Waals surface area (Å²) in [6.45, 7) is 8.78. The van der Waals surface area contributed by atoms with Crippen LogP contribution in [0.5, 0.6) is 0 Å². The van der Waals surface area contributed by atoms with Crippen molar-refractivity contribution < 1.29 is 38.6 Å². The number of aliphatic hydroxyl groups is 1. The number of ketones is 2. The number of hydrogen-bond acceptors (Lipinski definition) is 9. The van der Waals surface area contributed by atoms with Crippen LogP contribution < -0.4 is 16.4 Å². The molecule has 2 bridgehead atoms. The Bertz CT molecular complexity index is 1470. The van der Waals surface area contributed by atoms with Gasteiger partial charge in [0.1, 0.15) is 6.10 Å². The zero-order valence-corrected chi connectivity index (χ0v) is 27.1. The number of rotatable bonds is 4. The van der Waals surface area contributed by atoms with E-state index in [1.807, 2.05) is 13.8 Å². The molecule has 6 atom stereocenters. The predicted molar refractivity (Wildman–Crippen MR) is 170 cm³/mol. The molecule has 0 saturated heterocycles. The highest BCUT2D eigenvalue weighted by molar-refractivity contribution is 7.12. The zero-order chi connectivity index (χ0) is 33.4. The molecular formula is C33H41N3O8S. The molecule has 1 aromatic heterocycles. The van der Waals surface area contributed by atoms with E-state index in [0.717, 1.165) is 6.08 Å². The van der Waals surface area contributed by atoms with E-state index in [2.05, 4.69) is 10.6 Å². The van der Waals surface area contributed by atoms with Crippen LogP contribution >= 0.6 is 11.3 Å². The minimum atomic E-state index is -0.981. The average Bonchev–Trinajstić information content (AvgIpc) is 3.53. The fourth-order valence-corrected chi connectivity index (χ4v) is 5.98. The highest BCUT2D eigenvalue weighted by Crippen LogP contribution is 2.29. The van der Waals surface area contributed by atoms with E-state index >= 15 is 0 Å². The van der Waals surface area contributed by atoms with Crippen LogP contribution in [0, 0.1) is 17.8 Å². The lowest BCUT2D eigenvalue weighted by Crippen LogP contribution is -2.38. The number of methoxy groups -OCH3 is 1. The summed E-state index contributed by atoms with van der Waals surface area (Å²) in [5, 5.41) is 18.1. The molecule has 1 aromatic rings. The van der Waals surface area contributed by atoms with E-state index in [1.165, 1.54) is 24.5 Å². The van der Waals surface area contributed by atoms with E-state index in [-0.39, 0.29) is 40.8 Å². The molecule has 0 fully saturated rings. The topological polar surface area (TPSA) is 174 Å². The molecule has 5 N–H and O–H groups in total. The number of hydrogen-bond donors (Lipinski definition) is 4. The van der Waals surface area contributed by atoms with Gasteiger partial charge in [0.2, 0.25) is 11.6 Å². The van der Waals surface area contributed by atoms with Crippen LogP contribution in [-0.4, -0.2) is 60.0 Å². The standard InChI is InChI=1S/C33H41N3O8S/c1-17-13-22-27(36-32(41)26-11-8-12-45-26)24(37)16-23(29(22)39)35-31(40)19(3)10-7-9-18(2)30(44-33(34)42)21(5)15-20(4)28(38)25(14-17)43-6/h7-12,15-18,20,25,28,30,38H,13-14H2,1-6H3,(H2,34,42)(H,35,40)(H,36,41)/b9-7-,19-10+,21-15+/t17-,18+,20+,25+,28-,30-/m1/s1. The second kappa shape index (κ2) is 15.7. The Morgan fingerprint density at radius 3 is 2.47 bits per heavy atom. The lowest BCUT2D eigenvalue weighted by atomic mass is 9.85. The Morgan fingerprint density at radius 2 is 1.84 bits per heavy atom. The molecule has 0 unspecified atom stereocenters. The third-order valence-corrected chi connectivity index (χ3v) is 8.67. The number of nitrogens with one attached hydrogen (secondary N) is 2. The van der Waals surface area contributed by atoms with Crippen molar-refractivity contribution in [1.82, 2.24) is 10.6 Å². The SMILES string of the molecule is CO[C@H]1C[C@H](C)CC2=C(NC(=O)c3cccs3)C(=O)C=C(NC(=O)/C(C)=C/C=C\[C@H](C)[C@@H](OC(N)=O)/C(C)=C/[C@H](C)[C@H]1O)C2=O. The number of thiophene rings is 1. The van der Waals surface area contributed by atoms with Gasteiger partial charge in [-0.2, -0.15) is 0 Å². The Morgan fingerprint density at radius 1 is 1.13 bits per heavy atom. The summed E-state index contributed by atoms with van der Waals surface area (Å²) in [6.07, 6.45) is 4.68. The molecule has 3 rings (SSSR count). The number of aliphatic hydroxyl groups excluding tert-OH is 1. The van der Waals surface area contributed by atoms with Gasteiger partial charge in [-0.1, -0.05) is 51.1 Å². The van der Waals surface area contributed by atoms with Crippen LogP contribution in [0.2, 0.25) is 0 Å². The van der Waals surface area contributed by atoms with Crippen molar-refractivity contribution in [2.24, 2.45) is 23.5 Å². The quantitative estimate of drug-likeness (QED) is 0.284. The van der Waals surface area contributed by atoms with Gasteiger partial charge in [-0.25, -0.2) is 4.79 Å². The van der Waals surface area contributed by atoms with E-state index in [0.29, 0.717) is 16.9 Å². The second-order valence-corrected chi connectivity index (χ2v) is 12.5. The van der Waals surface area contributed by atoms with Gasteiger partial charge in [0, 0.05) is 36.2 Å². The maximum atomic E-state index is 13.7. The molecule has 0 spiro atoms. The summed E-state index contributed by atoms with van der Waals surface area (Å²) < 4.78 is 11.1. The number of fused-ring (bicyclic) bond motifs is 2. The molecule has 1 aliphatic heterocycles. The minimum absolute atomic E-state index is 0.0445. The lowest BCUT2D eigenvalue weighted by molar-refractivity contribution is -0.120. The summed E-state index contributed by atoms with van der Waals surface area (Å²) >= 11 is 1.19. The van der Waals surface area contributed by atoms with Gasteiger partial charge in [-0.3, -0.25) is 19.2 Å². The van der Waals surface area contributed by atoms with E-state index in [9.17, 15) is 29.1 Å². The highest BCUT2D eigenvalue weighted by atomic mass is 32.1. The van der Waals surface area contributed by atoms with Crippen molar-refractivity contribution in [3.63, 3.8) is 0 Å². The number of allylic oxidation sites excluding steroid dienone is 4. The van der Waals surface area contributed by atoms with Gasteiger partial charge in [0.25, 0.3) is 11.8 Å². The van der Waals surface area contributed by atoms with Crippen molar-refractivity contribution in [2.75, 3.05) is 7.11 Å². The fraction of sp³-hybridized carbons (Fsp3) is 0.424. The average molecular weight is 640 g/mol. The molecule has 12 heteroatoms. The van der Waals surface area contributed by atoms with Crippen LogP contribution in [0.15, 0.2) is 76.0 Å². The second-order valence-electron chi connectivity index (χ2n) is 11.5. The molecule has 0 radical (unpaired) electrons. The van der Waals surface area contributed by atoms with Gasteiger partial charge in [0.15, 0.2) is 0 Å². The van der Waals surface area contributed by atoms with Gasteiger partial charge in [-0.05, 0) is 49.6 Å². The minimum Gasteiger partial charge on any atom is -0.441 e. The largest absolute Gasteiger partial charge is 0.441 e. The van der Waals surface area contributed by atoms with Crippen LogP contribution in [0.1, 0.15) is 57.1 Å². The summed E-state index contributed by atoms with van der Waals surface area (Å²) in [5.74, 6) is -3.46. The van der Waals surface area contributed by atoms with Gasteiger partial charge >= 0.3 is 6.09 Å². The molecule has 3 amide bonds. The van der Waals surface area contributed by atoms with Crippen LogP contribution in [-0.2, 0) is 23.9 Å². The first-order valence-corrected chi connectivity index (χ1v) is 15.5. The molecular weight excluding hydrogens is 598 g/mol. The Balaban J connectivity index is 2.07. The fourth-order valence-electron chi connectivity index (χ4n) is 5.36. The number of carbonyl (C=O) groups excluding carboxylic acids is 5. The smallest absolute Gasteiger partial charge is 0.405 e. The number of amides is 3. The van der Waals surface area contributed by atoms with E-state index < -0.39 is 53.7 Å².